The van der Waals surface area contributed by atoms with Crippen LogP contribution in [0.25, 0.3) is 0 Å². The molecule has 1 nitrogen and oxygen atoms in total. The van der Waals surface area contributed by atoms with Crippen molar-refractivity contribution in [3.05, 3.63) is 34.9 Å². The summed E-state index contributed by atoms with van der Waals surface area (Å²) in [5.41, 5.74) is 1.65. The molecule has 1 aromatic rings. The number of hydrogen-bond acceptors (Lipinski definition) is 1. The van der Waals surface area contributed by atoms with Gasteiger partial charge in [-0.25, -0.2) is 0 Å². The van der Waals surface area contributed by atoms with Gasteiger partial charge in [0.05, 0.1) is 0 Å². The van der Waals surface area contributed by atoms with Gasteiger partial charge in [0, 0.05) is 23.5 Å². The third-order valence-electron chi connectivity index (χ3n) is 3.63. The van der Waals surface area contributed by atoms with E-state index in [1.54, 1.807) is 0 Å². The lowest BCUT2D eigenvalue weighted by Crippen LogP contribution is -2.56. The SMILES string of the molecule is CCCCCC1(c2ccccc2Cl)CNC1. The van der Waals surface area contributed by atoms with Gasteiger partial charge in [-0.1, -0.05) is 56.0 Å². The van der Waals surface area contributed by atoms with Gasteiger partial charge in [-0.3, -0.25) is 0 Å². The van der Waals surface area contributed by atoms with Gasteiger partial charge >= 0.3 is 0 Å². The van der Waals surface area contributed by atoms with Crippen LogP contribution < -0.4 is 5.32 Å². The first kappa shape index (κ1) is 11.9. The van der Waals surface area contributed by atoms with E-state index in [0.29, 0.717) is 5.41 Å². The van der Waals surface area contributed by atoms with Crippen LogP contribution in [-0.4, -0.2) is 13.1 Å². The smallest absolute Gasteiger partial charge is 0.0444 e. The fraction of sp³-hybridized carbons (Fsp3) is 0.571. The van der Waals surface area contributed by atoms with Crippen molar-refractivity contribution in [2.45, 2.75) is 38.0 Å². The minimum Gasteiger partial charge on any atom is -0.315 e. The highest BCUT2D eigenvalue weighted by atomic mass is 35.5. The Kier molecular flexibility index (Phi) is 3.88. The average Bonchev–Trinajstić information content (AvgIpc) is 2.24. The van der Waals surface area contributed by atoms with Gasteiger partial charge < -0.3 is 5.32 Å². The first-order chi connectivity index (χ1) is 7.78. The first-order valence-corrected chi connectivity index (χ1v) is 6.62. The van der Waals surface area contributed by atoms with Crippen molar-refractivity contribution in [1.29, 1.82) is 0 Å². The number of halogens is 1. The minimum atomic E-state index is 0.313. The molecule has 1 aliphatic rings. The van der Waals surface area contributed by atoms with Crippen molar-refractivity contribution in [3.8, 4) is 0 Å². The van der Waals surface area contributed by atoms with E-state index in [-0.39, 0.29) is 0 Å². The highest BCUT2D eigenvalue weighted by Gasteiger charge is 2.39. The summed E-state index contributed by atoms with van der Waals surface area (Å²) in [7, 11) is 0. The predicted octanol–water partition coefficient (Wildman–Crippen LogP) is 3.76. The van der Waals surface area contributed by atoms with E-state index in [2.05, 4.69) is 24.4 Å². The second-order valence-electron chi connectivity index (χ2n) is 4.82. The second kappa shape index (κ2) is 5.20. The van der Waals surface area contributed by atoms with Crippen molar-refractivity contribution >= 4 is 11.6 Å². The average molecular weight is 238 g/mol. The van der Waals surface area contributed by atoms with Gasteiger partial charge in [-0.2, -0.15) is 0 Å². The standard InChI is InChI=1S/C14H20ClN/c1-2-3-6-9-14(10-16-11-14)12-7-4-5-8-13(12)15/h4-5,7-8,16H,2-3,6,9-11H2,1H3. The van der Waals surface area contributed by atoms with Crippen molar-refractivity contribution in [1.82, 2.24) is 5.32 Å². The summed E-state index contributed by atoms with van der Waals surface area (Å²) >= 11 is 6.31. The summed E-state index contributed by atoms with van der Waals surface area (Å²) in [6.45, 7) is 4.42. The van der Waals surface area contributed by atoms with Crippen LogP contribution in [-0.2, 0) is 5.41 Å². The van der Waals surface area contributed by atoms with Crippen LogP contribution in [0.4, 0.5) is 0 Å². The molecule has 88 valence electrons. The molecule has 0 unspecified atom stereocenters. The van der Waals surface area contributed by atoms with Gasteiger partial charge in [0.15, 0.2) is 0 Å². The molecule has 2 heteroatoms. The summed E-state index contributed by atoms with van der Waals surface area (Å²) in [5, 5.41) is 4.33. The van der Waals surface area contributed by atoms with Crippen LogP contribution in [0.5, 0.6) is 0 Å². The number of benzene rings is 1. The monoisotopic (exact) mass is 237 g/mol. The summed E-state index contributed by atoms with van der Waals surface area (Å²) in [4.78, 5) is 0. The molecular weight excluding hydrogens is 218 g/mol. The lowest BCUT2D eigenvalue weighted by atomic mass is 9.71. The molecule has 1 fully saturated rings. The van der Waals surface area contributed by atoms with Crippen molar-refractivity contribution < 1.29 is 0 Å². The molecule has 0 bridgehead atoms. The Morgan fingerprint density at radius 3 is 2.56 bits per heavy atom. The van der Waals surface area contributed by atoms with Crippen molar-refractivity contribution in [2.24, 2.45) is 0 Å². The Hall–Kier alpha value is -0.530. The fourth-order valence-electron chi connectivity index (χ4n) is 2.53. The maximum atomic E-state index is 6.31. The van der Waals surface area contributed by atoms with Crippen LogP contribution in [0.3, 0.4) is 0 Å². The molecule has 2 rings (SSSR count). The number of hydrogen-bond donors (Lipinski definition) is 1. The maximum absolute atomic E-state index is 6.31. The molecule has 16 heavy (non-hydrogen) atoms. The van der Waals surface area contributed by atoms with Gasteiger partial charge in [-0.05, 0) is 18.1 Å². The fourth-order valence-corrected chi connectivity index (χ4v) is 2.87. The zero-order valence-electron chi connectivity index (χ0n) is 9.93. The lowest BCUT2D eigenvalue weighted by molar-refractivity contribution is 0.250. The molecule has 1 N–H and O–H groups in total. The normalized spacial score (nSPS) is 18.1. The zero-order valence-corrected chi connectivity index (χ0v) is 10.7. The molecule has 1 heterocycles. The van der Waals surface area contributed by atoms with Crippen LogP contribution in [0.2, 0.25) is 5.02 Å². The van der Waals surface area contributed by atoms with Gasteiger partial charge in [0.1, 0.15) is 0 Å². The van der Waals surface area contributed by atoms with E-state index in [1.165, 1.54) is 31.2 Å². The summed E-state index contributed by atoms with van der Waals surface area (Å²) in [5.74, 6) is 0. The molecule has 0 spiro atoms. The summed E-state index contributed by atoms with van der Waals surface area (Å²) in [6.07, 6.45) is 5.18. The van der Waals surface area contributed by atoms with E-state index in [9.17, 15) is 0 Å². The Morgan fingerprint density at radius 1 is 1.25 bits per heavy atom. The van der Waals surface area contributed by atoms with Crippen LogP contribution in [0.15, 0.2) is 24.3 Å². The Balaban J connectivity index is 2.12. The van der Waals surface area contributed by atoms with E-state index in [0.717, 1.165) is 18.1 Å². The molecule has 0 aromatic heterocycles. The van der Waals surface area contributed by atoms with Crippen molar-refractivity contribution in [3.63, 3.8) is 0 Å². The number of rotatable bonds is 5. The molecule has 0 atom stereocenters. The molecule has 0 amide bonds. The highest BCUT2D eigenvalue weighted by Crippen LogP contribution is 2.37. The van der Waals surface area contributed by atoms with E-state index < -0.39 is 0 Å². The summed E-state index contributed by atoms with van der Waals surface area (Å²) < 4.78 is 0. The zero-order chi connectivity index (χ0) is 11.4. The molecule has 1 aromatic carbocycles. The lowest BCUT2D eigenvalue weighted by Gasteiger charge is -2.44. The van der Waals surface area contributed by atoms with Gasteiger partial charge in [0.2, 0.25) is 0 Å². The van der Waals surface area contributed by atoms with E-state index in [1.807, 2.05) is 12.1 Å². The van der Waals surface area contributed by atoms with E-state index in [4.69, 9.17) is 11.6 Å². The number of unbranched alkanes of at least 4 members (excludes halogenated alkanes) is 2. The Labute approximate surface area is 103 Å². The molecule has 1 aliphatic heterocycles. The molecule has 1 saturated heterocycles. The van der Waals surface area contributed by atoms with Crippen LogP contribution in [0.1, 0.15) is 38.2 Å². The maximum Gasteiger partial charge on any atom is 0.0444 e. The number of nitrogens with one attached hydrogen (secondary N) is 1. The Morgan fingerprint density at radius 2 is 2.00 bits per heavy atom. The molecule has 0 saturated carbocycles. The quantitative estimate of drug-likeness (QED) is 0.769. The first-order valence-electron chi connectivity index (χ1n) is 6.24. The second-order valence-corrected chi connectivity index (χ2v) is 5.23. The summed E-state index contributed by atoms with van der Waals surface area (Å²) in [6, 6.07) is 8.31. The van der Waals surface area contributed by atoms with Crippen LogP contribution >= 0.6 is 11.6 Å². The third kappa shape index (κ3) is 2.26. The van der Waals surface area contributed by atoms with Gasteiger partial charge in [0.25, 0.3) is 0 Å². The predicted molar refractivity (Wildman–Crippen MR) is 70.1 cm³/mol. The van der Waals surface area contributed by atoms with Crippen molar-refractivity contribution in [2.75, 3.05) is 13.1 Å². The third-order valence-corrected chi connectivity index (χ3v) is 3.96. The Bertz CT molecular complexity index is 344. The molecule has 0 aliphatic carbocycles. The van der Waals surface area contributed by atoms with Crippen LogP contribution in [0, 0.1) is 0 Å². The topological polar surface area (TPSA) is 12.0 Å². The largest absolute Gasteiger partial charge is 0.315 e. The molecule has 0 radical (unpaired) electrons. The van der Waals surface area contributed by atoms with E-state index >= 15 is 0 Å². The highest BCUT2D eigenvalue weighted by molar-refractivity contribution is 6.31. The van der Waals surface area contributed by atoms with Gasteiger partial charge in [-0.15, -0.1) is 0 Å². The minimum absolute atomic E-state index is 0.313. The molecular formula is C14H20ClN.